The van der Waals surface area contributed by atoms with Crippen LogP contribution < -0.4 is 5.32 Å². The average molecular weight is 322 g/mol. The second kappa shape index (κ2) is 4.55. The van der Waals surface area contributed by atoms with Gasteiger partial charge in [0.25, 0.3) is 5.91 Å². The Morgan fingerprint density at radius 1 is 1.37 bits per heavy atom. The highest BCUT2D eigenvalue weighted by Crippen LogP contribution is 2.35. The first-order valence-electron chi connectivity index (χ1n) is 5.50. The van der Waals surface area contributed by atoms with Gasteiger partial charge in [0.15, 0.2) is 0 Å². The molecule has 96 valence electrons. The molecular weight excluding hydrogens is 314 g/mol. The maximum atomic E-state index is 11.8. The Labute approximate surface area is 116 Å². The predicted octanol–water partition coefficient (Wildman–Crippen LogP) is 2.89. The number of anilines is 1. The van der Waals surface area contributed by atoms with Gasteiger partial charge in [-0.25, -0.2) is 4.79 Å². The van der Waals surface area contributed by atoms with Crippen LogP contribution in [0.2, 0.25) is 0 Å². The molecule has 6 heteroatoms. The van der Waals surface area contributed by atoms with Crippen LogP contribution in [0.1, 0.15) is 22.2 Å². The van der Waals surface area contributed by atoms with E-state index in [1.165, 1.54) is 12.3 Å². The summed E-state index contributed by atoms with van der Waals surface area (Å²) in [4.78, 5) is 23.6. The first-order valence-corrected chi connectivity index (χ1v) is 6.29. The standard InChI is InChI=1S/C13H8BrNO4/c14-7-3-4-8-9(6-7)15-12(16)11(8)19-13(17)10-2-1-5-18-10/h1-6,11H,(H,15,16)/t11-/m1/s1. The van der Waals surface area contributed by atoms with Gasteiger partial charge in [-0.15, -0.1) is 0 Å². The van der Waals surface area contributed by atoms with E-state index in [9.17, 15) is 9.59 Å². The fourth-order valence-electron chi connectivity index (χ4n) is 1.88. The summed E-state index contributed by atoms with van der Waals surface area (Å²) < 4.78 is 10.9. The second-order valence-electron chi connectivity index (χ2n) is 3.98. The molecule has 19 heavy (non-hydrogen) atoms. The van der Waals surface area contributed by atoms with Gasteiger partial charge in [0.05, 0.1) is 6.26 Å². The molecular formula is C13H8BrNO4. The number of amides is 1. The van der Waals surface area contributed by atoms with E-state index in [1.807, 2.05) is 0 Å². The highest BCUT2D eigenvalue weighted by molar-refractivity contribution is 9.10. The number of ether oxygens (including phenoxy) is 1. The van der Waals surface area contributed by atoms with Gasteiger partial charge >= 0.3 is 5.97 Å². The molecule has 1 aromatic carbocycles. The molecule has 3 rings (SSSR count). The van der Waals surface area contributed by atoms with Crippen LogP contribution in [0.4, 0.5) is 5.69 Å². The molecule has 5 nitrogen and oxygen atoms in total. The molecule has 1 aliphatic heterocycles. The fraction of sp³-hybridized carbons (Fsp3) is 0.0769. The maximum Gasteiger partial charge on any atom is 0.375 e. The molecule has 0 spiro atoms. The van der Waals surface area contributed by atoms with Crippen LogP contribution in [0.25, 0.3) is 0 Å². The quantitative estimate of drug-likeness (QED) is 0.863. The number of fused-ring (bicyclic) bond motifs is 1. The summed E-state index contributed by atoms with van der Waals surface area (Å²) in [6, 6.07) is 8.34. The second-order valence-corrected chi connectivity index (χ2v) is 4.90. The van der Waals surface area contributed by atoms with Crippen molar-refractivity contribution in [3.05, 3.63) is 52.4 Å². The van der Waals surface area contributed by atoms with E-state index in [0.29, 0.717) is 11.3 Å². The zero-order valence-corrected chi connectivity index (χ0v) is 11.1. The van der Waals surface area contributed by atoms with Crippen molar-refractivity contribution in [2.75, 3.05) is 5.32 Å². The van der Waals surface area contributed by atoms with Crippen LogP contribution in [0.3, 0.4) is 0 Å². The number of esters is 1. The fourth-order valence-corrected chi connectivity index (χ4v) is 2.24. The van der Waals surface area contributed by atoms with Gasteiger partial charge in [0.1, 0.15) is 0 Å². The van der Waals surface area contributed by atoms with Gasteiger partial charge in [-0.3, -0.25) is 4.79 Å². The molecule has 1 atom stereocenters. The summed E-state index contributed by atoms with van der Waals surface area (Å²) in [5, 5.41) is 2.66. The zero-order chi connectivity index (χ0) is 13.4. The number of nitrogens with one attached hydrogen (secondary N) is 1. The third kappa shape index (κ3) is 2.15. The highest BCUT2D eigenvalue weighted by Gasteiger charge is 2.34. The van der Waals surface area contributed by atoms with E-state index >= 15 is 0 Å². The summed E-state index contributed by atoms with van der Waals surface area (Å²) in [6.07, 6.45) is 0.428. The van der Waals surface area contributed by atoms with E-state index in [-0.39, 0.29) is 11.7 Å². The summed E-state index contributed by atoms with van der Waals surface area (Å²) in [5.74, 6) is -0.965. The molecule has 1 amide bonds. The third-order valence-corrected chi connectivity index (χ3v) is 3.23. The van der Waals surface area contributed by atoms with Crippen molar-refractivity contribution in [3.8, 4) is 0 Å². The van der Waals surface area contributed by atoms with Gasteiger partial charge in [-0.1, -0.05) is 22.0 Å². The molecule has 0 saturated heterocycles. The van der Waals surface area contributed by atoms with E-state index in [1.54, 1.807) is 24.3 Å². The number of furan rings is 1. The Bertz CT molecular complexity index is 651. The topological polar surface area (TPSA) is 68.5 Å². The number of hydrogen-bond donors (Lipinski definition) is 1. The molecule has 0 radical (unpaired) electrons. The maximum absolute atomic E-state index is 11.8. The number of hydrogen-bond acceptors (Lipinski definition) is 4. The molecule has 0 unspecified atom stereocenters. The van der Waals surface area contributed by atoms with Crippen LogP contribution in [0, 0.1) is 0 Å². The van der Waals surface area contributed by atoms with Crippen LogP contribution in [0.15, 0.2) is 45.5 Å². The van der Waals surface area contributed by atoms with Crippen molar-refractivity contribution in [2.45, 2.75) is 6.10 Å². The van der Waals surface area contributed by atoms with Crippen molar-refractivity contribution >= 4 is 33.5 Å². The molecule has 1 aromatic heterocycles. The number of rotatable bonds is 2. The molecule has 2 aromatic rings. The Morgan fingerprint density at radius 3 is 2.95 bits per heavy atom. The Balaban J connectivity index is 1.87. The molecule has 0 aliphatic carbocycles. The summed E-state index contributed by atoms with van der Waals surface area (Å²) >= 11 is 3.31. The van der Waals surface area contributed by atoms with Crippen LogP contribution in [0.5, 0.6) is 0 Å². The molecule has 1 N–H and O–H groups in total. The van der Waals surface area contributed by atoms with Gasteiger partial charge in [-0.2, -0.15) is 0 Å². The highest BCUT2D eigenvalue weighted by atomic mass is 79.9. The normalized spacial score (nSPS) is 16.9. The molecule has 1 aliphatic rings. The number of carbonyl (C=O) groups is 2. The molecule has 2 heterocycles. The van der Waals surface area contributed by atoms with Crippen molar-refractivity contribution < 1.29 is 18.7 Å². The lowest BCUT2D eigenvalue weighted by molar-refractivity contribution is -0.124. The largest absolute Gasteiger partial charge is 0.457 e. The third-order valence-electron chi connectivity index (χ3n) is 2.74. The lowest BCUT2D eigenvalue weighted by atomic mass is 10.1. The van der Waals surface area contributed by atoms with Crippen LogP contribution >= 0.6 is 15.9 Å². The molecule has 0 fully saturated rings. The van der Waals surface area contributed by atoms with Crippen LogP contribution in [-0.4, -0.2) is 11.9 Å². The zero-order valence-electron chi connectivity index (χ0n) is 9.55. The van der Waals surface area contributed by atoms with Crippen molar-refractivity contribution in [3.63, 3.8) is 0 Å². The van der Waals surface area contributed by atoms with E-state index in [4.69, 9.17) is 9.15 Å². The minimum atomic E-state index is -0.944. The first kappa shape index (κ1) is 12.0. The van der Waals surface area contributed by atoms with E-state index < -0.39 is 12.1 Å². The Hall–Kier alpha value is -2.08. The number of halogens is 1. The summed E-state index contributed by atoms with van der Waals surface area (Å²) in [5.41, 5.74) is 1.27. The summed E-state index contributed by atoms with van der Waals surface area (Å²) in [6.45, 7) is 0. The minimum Gasteiger partial charge on any atom is -0.457 e. The average Bonchev–Trinajstić information content (AvgIpc) is 2.98. The van der Waals surface area contributed by atoms with E-state index in [2.05, 4.69) is 21.2 Å². The number of benzene rings is 1. The minimum absolute atomic E-state index is 0.0679. The van der Waals surface area contributed by atoms with E-state index in [0.717, 1.165) is 4.47 Å². The van der Waals surface area contributed by atoms with Gasteiger partial charge in [0.2, 0.25) is 11.9 Å². The van der Waals surface area contributed by atoms with Gasteiger partial charge in [-0.05, 0) is 24.3 Å². The van der Waals surface area contributed by atoms with Gasteiger partial charge < -0.3 is 14.5 Å². The van der Waals surface area contributed by atoms with Crippen LogP contribution in [-0.2, 0) is 9.53 Å². The van der Waals surface area contributed by atoms with Crippen molar-refractivity contribution in [1.82, 2.24) is 0 Å². The predicted molar refractivity (Wildman–Crippen MR) is 69.6 cm³/mol. The monoisotopic (exact) mass is 321 g/mol. The first-order chi connectivity index (χ1) is 9.15. The number of carbonyl (C=O) groups excluding carboxylic acids is 2. The SMILES string of the molecule is O=C(O[C@H]1C(=O)Nc2cc(Br)ccc21)c1ccco1. The van der Waals surface area contributed by atoms with Gasteiger partial charge in [0, 0.05) is 15.7 Å². The van der Waals surface area contributed by atoms with Crippen molar-refractivity contribution in [1.29, 1.82) is 0 Å². The smallest absolute Gasteiger partial charge is 0.375 e. The lowest BCUT2D eigenvalue weighted by Gasteiger charge is -2.09. The summed E-state index contributed by atoms with van der Waals surface area (Å²) in [7, 11) is 0. The Kier molecular flexibility index (Phi) is 2.87. The van der Waals surface area contributed by atoms with Crippen molar-refractivity contribution in [2.24, 2.45) is 0 Å². The molecule has 0 bridgehead atoms. The Morgan fingerprint density at radius 2 is 2.21 bits per heavy atom. The lowest BCUT2D eigenvalue weighted by Crippen LogP contribution is -2.18. The molecule has 0 saturated carbocycles.